The Morgan fingerprint density at radius 2 is 1.14 bits per heavy atom. The van der Waals surface area contributed by atoms with Crippen LogP contribution in [0.15, 0.2) is 261 Å². The number of aromatic nitrogens is 4. The van der Waals surface area contributed by atoms with E-state index in [2.05, 4.69) is 135 Å². The zero-order chi connectivity index (χ0) is 60.6. The molecule has 0 fully saturated rings. The Morgan fingerprint density at radius 1 is 0.551 bits per heavy atom. The fraction of sp³-hybridized carbons (Fsp3) is 0.0571. The van der Waals surface area contributed by atoms with Crippen molar-refractivity contribution in [3.8, 4) is 56.7 Å². The van der Waals surface area contributed by atoms with Crippen LogP contribution in [-0.2, 0) is 26.5 Å². The first-order valence-corrected chi connectivity index (χ1v) is 27.1. The van der Waals surface area contributed by atoms with Gasteiger partial charge in [-0.2, -0.15) is 18.2 Å². The molecule has 8 heteroatoms. The number of rotatable bonds is 12. The van der Waals surface area contributed by atoms with Crippen LogP contribution in [0, 0.1) is 18.5 Å². The zero-order valence-corrected chi connectivity index (χ0v) is 45.7. The van der Waals surface area contributed by atoms with E-state index in [1.54, 1.807) is 39.5 Å². The van der Waals surface area contributed by atoms with E-state index in [4.69, 9.17) is 27.9 Å². The van der Waals surface area contributed by atoms with E-state index in [1.807, 2.05) is 79.0 Å². The number of fused-ring (bicyclic) bond motifs is 4. The van der Waals surface area contributed by atoms with Crippen molar-refractivity contribution in [2.24, 2.45) is 0 Å². The first-order chi connectivity index (χ1) is 41.9. The summed E-state index contributed by atoms with van der Waals surface area (Å²) in [6, 6.07) is 64.9. The molecule has 0 atom stereocenters. The van der Waals surface area contributed by atoms with Gasteiger partial charge in [-0.3, -0.25) is 4.57 Å². The largest absolute Gasteiger partial charge is 0.530 e. The van der Waals surface area contributed by atoms with Gasteiger partial charge in [0.2, 0.25) is 0 Å². The second-order valence-electron chi connectivity index (χ2n) is 19.6. The summed E-state index contributed by atoms with van der Waals surface area (Å²) >= 11 is 0. The first-order valence-electron chi connectivity index (χ1n) is 30.2. The average molecular weight is 1210 g/mol. The topological polar surface area (TPSA) is 45.1 Å². The van der Waals surface area contributed by atoms with Crippen molar-refractivity contribution in [2.45, 2.75) is 26.2 Å². The van der Waals surface area contributed by atoms with Crippen LogP contribution in [0.3, 0.4) is 0 Å². The third kappa shape index (κ3) is 9.15. The van der Waals surface area contributed by atoms with Crippen LogP contribution in [-0.4, -0.2) is 22.4 Å². The number of nitrogens with zero attached hydrogens (tertiary/aromatic N) is 4. The molecule has 0 bridgehead atoms. The summed E-state index contributed by atoms with van der Waals surface area (Å²) < 4.78 is 108. The predicted molar refractivity (Wildman–Crippen MR) is 314 cm³/mol. The summed E-state index contributed by atoms with van der Waals surface area (Å²) in [7, 11) is -3.19. The van der Waals surface area contributed by atoms with E-state index in [1.165, 1.54) is 0 Å². The summed E-state index contributed by atoms with van der Waals surface area (Å²) in [4.78, 5) is 4.97. The Balaban J connectivity index is 0.00000754. The quantitative estimate of drug-likeness (QED) is 0.0530. The number of benzene rings is 10. The van der Waals surface area contributed by atoms with E-state index in [0.29, 0.717) is 45.3 Å². The summed E-state index contributed by atoms with van der Waals surface area (Å²) in [6.07, 6.45) is 5.27. The van der Waals surface area contributed by atoms with Crippen LogP contribution < -0.4 is 29.3 Å². The molecule has 3 aromatic heterocycles. The van der Waals surface area contributed by atoms with Crippen molar-refractivity contribution in [2.75, 3.05) is 0 Å². The second-order valence-corrected chi connectivity index (χ2v) is 22.9. The van der Waals surface area contributed by atoms with Crippen LogP contribution in [0.1, 0.15) is 40.0 Å². The Bertz CT molecular complexity index is 4640. The number of hydrogen-bond donors (Lipinski definition) is 0. The maximum absolute atomic E-state index is 9.10. The molecule has 3 heterocycles. The van der Waals surface area contributed by atoms with Crippen LogP contribution in [0.5, 0.6) is 17.2 Å². The van der Waals surface area contributed by atoms with E-state index >= 15 is 0 Å². The van der Waals surface area contributed by atoms with Gasteiger partial charge < -0.3 is 18.3 Å². The molecule has 0 saturated carbocycles. The molecule has 0 amide bonds. The van der Waals surface area contributed by atoms with Gasteiger partial charge in [0.15, 0.2) is 0 Å². The molecule has 0 aliphatic rings. The molecule has 78 heavy (non-hydrogen) atoms. The molecular weight excluding hydrogens is 1150 g/mol. The van der Waals surface area contributed by atoms with Crippen LogP contribution in [0.2, 0.25) is 0 Å². The van der Waals surface area contributed by atoms with E-state index < -0.39 is 68.7 Å². The minimum atomic E-state index is -3.19. The van der Waals surface area contributed by atoms with E-state index in [0.717, 1.165) is 37.4 Å². The normalized spacial score (nSPS) is 13.5. The zero-order valence-electron chi connectivity index (χ0n) is 52.5. The molecule has 10 aromatic carbocycles. The molecule has 13 aromatic rings. The van der Waals surface area contributed by atoms with Crippen molar-refractivity contribution in [3.63, 3.8) is 0 Å². The number of pyridine rings is 1. The molecule has 13 rings (SSSR count). The SMILES string of the molecule is [2H]c1c([2H])c([2H])c(-c2cccc(-c3c([2H])c([2H])c([2H])c([2H])c3[2H])c2-[n+]2[c-]n(-c3[c-]c(Oc4[c-]c5c(cc4)c4cc(O[Si](c6ccccc6)(c6ccccc6)c6ccccc6)ccc4n5-c4cc(C(C)(C)C)ccn4)ccc3)c3ccccc32)c([2H])c1[2H].[Pt]. The van der Waals surface area contributed by atoms with E-state index in [-0.39, 0.29) is 54.4 Å². The molecule has 0 saturated heterocycles. The molecule has 0 aliphatic heterocycles. The van der Waals surface area contributed by atoms with Crippen LogP contribution in [0.4, 0.5) is 0 Å². The van der Waals surface area contributed by atoms with E-state index in [9.17, 15) is 0 Å². The second kappa shape index (κ2) is 20.9. The number of ether oxygens (including phenoxy) is 1. The first kappa shape index (κ1) is 39.5. The molecule has 0 radical (unpaired) electrons. The standard InChI is InChI=1S/C70H52N4O2Si.Pt/c1-70(2,3)52-43-44-71-68(45-52)74-64-42-40-56(76-77(57-29-13-6-14-30-57,58-31-15-7-16-32-58)59-33-17-8-18-34-59)47-63(64)62-41-39-55(48-67(62)74)75-54-28-21-27-53(46-54)72-49-73(66-38-20-19-37-65(66)72)69-60(50-23-9-4-10-24-50)35-22-36-61(69)51-25-11-5-12-26-51;/h4-45,47H,1-3H3;/q-2;/i4D,5D,9D,10D,11D,12D,23D,24D,25D,26D;. The third-order valence-corrected chi connectivity index (χ3v) is 17.8. The Morgan fingerprint density at radius 3 is 1.77 bits per heavy atom. The van der Waals surface area contributed by atoms with Gasteiger partial charge in [-0.1, -0.05) is 220 Å². The molecule has 0 N–H and O–H groups in total. The minimum absolute atomic E-state index is 0. The average Bonchev–Trinajstić information content (AvgIpc) is 1.40. The Labute approximate surface area is 484 Å². The maximum Gasteiger partial charge on any atom is 0.346 e. The fourth-order valence-electron chi connectivity index (χ4n) is 10.3. The van der Waals surface area contributed by atoms with Crippen molar-refractivity contribution in [3.05, 3.63) is 285 Å². The van der Waals surface area contributed by atoms with Gasteiger partial charge in [0.25, 0.3) is 6.33 Å². The maximum atomic E-state index is 9.10. The summed E-state index contributed by atoms with van der Waals surface area (Å²) in [5.41, 5.74) is 4.22. The molecule has 6 nitrogen and oxygen atoms in total. The van der Waals surface area contributed by atoms with Gasteiger partial charge in [-0.25, -0.2) is 4.98 Å². The summed E-state index contributed by atoms with van der Waals surface area (Å²) in [5, 5.41) is 5.12. The summed E-state index contributed by atoms with van der Waals surface area (Å²) in [5.74, 6) is 2.12. The smallest absolute Gasteiger partial charge is 0.346 e. The van der Waals surface area contributed by atoms with Crippen molar-refractivity contribution >= 4 is 56.7 Å². The molecule has 380 valence electrons. The van der Waals surface area contributed by atoms with Crippen molar-refractivity contribution in [1.82, 2.24) is 14.1 Å². The minimum Gasteiger partial charge on any atom is -0.530 e. The monoisotopic (exact) mass is 1210 g/mol. The molecule has 0 spiro atoms. The summed E-state index contributed by atoms with van der Waals surface area (Å²) in [6.45, 7) is 6.52. The van der Waals surface area contributed by atoms with Gasteiger partial charge in [0.1, 0.15) is 11.6 Å². The van der Waals surface area contributed by atoms with Gasteiger partial charge in [0, 0.05) is 44.3 Å². The van der Waals surface area contributed by atoms with Gasteiger partial charge in [-0.05, 0) is 90.2 Å². The number of hydrogen-bond acceptors (Lipinski definition) is 3. The third-order valence-electron chi connectivity index (χ3n) is 13.8. The molecular formula is C70H52N4O2PtSi-2. The number of para-hydroxylation sites is 3. The molecule has 0 unspecified atom stereocenters. The van der Waals surface area contributed by atoms with Gasteiger partial charge >= 0.3 is 8.32 Å². The fourth-order valence-corrected chi connectivity index (χ4v) is 14.1. The van der Waals surface area contributed by atoms with Gasteiger partial charge in [0.05, 0.1) is 30.4 Å². The van der Waals surface area contributed by atoms with Crippen molar-refractivity contribution < 1.29 is 48.5 Å². The van der Waals surface area contributed by atoms with Crippen molar-refractivity contribution in [1.29, 1.82) is 0 Å². The molecule has 0 aliphatic carbocycles. The van der Waals surface area contributed by atoms with Gasteiger partial charge in [-0.15, -0.1) is 29.7 Å². The Hall–Kier alpha value is -8.87. The van der Waals surface area contributed by atoms with Crippen LogP contribution >= 0.6 is 0 Å². The number of imidazole rings is 1. The Kier molecular flexibility index (Phi) is 10.6. The van der Waals surface area contributed by atoms with Crippen LogP contribution in [0.25, 0.3) is 72.3 Å². The predicted octanol–water partition coefficient (Wildman–Crippen LogP) is 14.3.